The number of amides is 1. The largest absolute Gasteiger partial charge is 0.508 e. The zero-order valence-corrected chi connectivity index (χ0v) is 19.7. The molecule has 192 valence electrons. The monoisotopic (exact) mass is 502 g/mol. The highest BCUT2D eigenvalue weighted by molar-refractivity contribution is 6.24. The van der Waals surface area contributed by atoms with Crippen LogP contribution < -0.4 is 11.1 Å². The maximum Gasteiger partial charge on any atom is 0.313 e. The number of aromatic hydroxyl groups is 1. The van der Waals surface area contributed by atoms with E-state index in [9.17, 15) is 44.9 Å². The molecule has 0 heterocycles. The van der Waals surface area contributed by atoms with Gasteiger partial charge in [0.2, 0.25) is 11.5 Å². The Labute approximate surface area is 204 Å². The predicted octanol–water partition coefficient (Wildman–Crippen LogP) is 0.304. The molecule has 1 amide bonds. The first-order chi connectivity index (χ1) is 16.8. The Bertz CT molecular complexity index is 1300. The lowest BCUT2D eigenvalue weighted by Crippen LogP contribution is -2.65. The van der Waals surface area contributed by atoms with Crippen LogP contribution in [0.5, 0.6) is 5.75 Å². The fourth-order valence-corrected chi connectivity index (χ4v) is 5.78. The number of phenolic OH excluding ortho intramolecular Hbond substituents is 1. The second-order valence-electron chi connectivity index (χ2n) is 9.39. The summed E-state index contributed by atoms with van der Waals surface area (Å²) in [5.74, 6) is -8.18. The van der Waals surface area contributed by atoms with Crippen LogP contribution in [0.25, 0.3) is 5.76 Å². The van der Waals surface area contributed by atoms with Gasteiger partial charge in [-0.2, -0.15) is 0 Å². The Morgan fingerprint density at radius 2 is 1.94 bits per heavy atom. The predicted molar refractivity (Wildman–Crippen MR) is 125 cm³/mol. The standard InChI is InChI=1S/C23H26N4O9/c1-4-25-11-7-12(27(35)36)17(28)14-9(11)5-8-6-10-16(26(2)3)19(30)15(22(24)33)21(32)23(10,34)20(31)13(8)18(14)29/h7-8,10,16,25,28-29,32,34H,4-6H2,1-3H3,(H2,24,33)/t8?,10?,16-,23?/m0/s1. The highest BCUT2D eigenvalue weighted by Gasteiger charge is 2.64. The number of nitrogens with zero attached hydrogens (tertiary/aromatic N) is 2. The number of nitrogens with two attached hydrogens (primary N) is 1. The third kappa shape index (κ3) is 3.19. The number of likely N-dealkylation sites (N-methyl/N-ethyl adjacent to an activating group) is 1. The molecule has 13 heteroatoms. The number of nitro benzene ring substituents is 1. The van der Waals surface area contributed by atoms with Gasteiger partial charge in [-0.05, 0) is 45.3 Å². The first-order valence-corrected chi connectivity index (χ1v) is 11.2. The van der Waals surface area contributed by atoms with Crippen molar-refractivity contribution in [3.8, 4) is 5.75 Å². The van der Waals surface area contributed by atoms with E-state index in [1.54, 1.807) is 6.92 Å². The summed E-state index contributed by atoms with van der Waals surface area (Å²) >= 11 is 0. The number of nitrogens with one attached hydrogen (secondary N) is 1. The molecule has 0 aromatic heterocycles. The SMILES string of the molecule is CCNc1cc([N+](=O)[O-])c(O)c2c1CC1CC3[C@H](N(C)C)C(=O)C(C(N)=O)=C(O)C3(O)C(=O)C1=C2O. The Kier molecular flexibility index (Phi) is 5.80. The number of Topliss-reactive ketones (excluding diaryl/α,β-unsaturated/α-hetero) is 2. The van der Waals surface area contributed by atoms with Crippen LogP contribution in [0.3, 0.4) is 0 Å². The lowest BCUT2D eigenvalue weighted by atomic mass is 9.57. The molecule has 0 radical (unpaired) electrons. The molecule has 1 fully saturated rings. The minimum atomic E-state index is -2.77. The number of carbonyl (C=O) groups excluding carboxylic acids is 3. The van der Waals surface area contributed by atoms with Crippen molar-refractivity contribution in [2.75, 3.05) is 26.0 Å². The number of hydrogen-bond donors (Lipinski definition) is 6. The number of carbonyl (C=O) groups is 3. The summed E-state index contributed by atoms with van der Waals surface area (Å²) in [6, 6.07) is -0.0573. The van der Waals surface area contributed by atoms with Crippen LogP contribution in [0.15, 0.2) is 23.0 Å². The number of aliphatic hydroxyl groups is 3. The van der Waals surface area contributed by atoms with Gasteiger partial charge in [0, 0.05) is 29.8 Å². The number of rotatable bonds is 5. The van der Waals surface area contributed by atoms with E-state index in [2.05, 4.69) is 5.32 Å². The van der Waals surface area contributed by atoms with Crippen LogP contribution in [0.4, 0.5) is 11.4 Å². The summed E-state index contributed by atoms with van der Waals surface area (Å²) in [5.41, 5.74) is 0.786. The van der Waals surface area contributed by atoms with Crippen LogP contribution >= 0.6 is 0 Å². The number of benzene rings is 1. The summed E-state index contributed by atoms with van der Waals surface area (Å²) in [4.78, 5) is 50.9. The zero-order chi connectivity index (χ0) is 26.9. The molecule has 36 heavy (non-hydrogen) atoms. The summed E-state index contributed by atoms with van der Waals surface area (Å²) in [6.45, 7) is 2.11. The number of fused-ring (bicyclic) bond motifs is 3. The van der Waals surface area contributed by atoms with E-state index in [1.165, 1.54) is 19.0 Å². The van der Waals surface area contributed by atoms with Crippen LogP contribution in [0, 0.1) is 22.0 Å². The molecule has 4 rings (SSSR count). The van der Waals surface area contributed by atoms with E-state index >= 15 is 0 Å². The fraction of sp³-hybridized carbons (Fsp3) is 0.435. The Hall–Kier alpha value is -3.97. The van der Waals surface area contributed by atoms with Crippen LogP contribution in [-0.4, -0.2) is 80.0 Å². The van der Waals surface area contributed by atoms with Crippen molar-refractivity contribution in [1.82, 2.24) is 4.90 Å². The second kappa shape index (κ2) is 8.31. The van der Waals surface area contributed by atoms with Crippen molar-refractivity contribution in [2.24, 2.45) is 17.6 Å². The zero-order valence-electron chi connectivity index (χ0n) is 19.7. The van der Waals surface area contributed by atoms with Crippen molar-refractivity contribution in [3.63, 3.8) is 0 Å². The number of hydrogen-bond acceptors (Lipinski definition) is 11. The molecule has 3 aliphatic carbocycles. The topological polar surface area (TPSA) is 217 Å². The average molecular weight is 502 g/mol. The molecule has 13 nitrogen and oxygen atoms in total. The summed E-state index contributed by atoms with van der Waals surface area (Å²) in [5, 5.41) is 58.7. The average Bonchev–Trinajstić information content (AvgIpc) is 2.77. The van der Waals surface area contributed by atoms with E-state index in [-0.39, 0.29) is 29.7 Å². The van der Waals surface area contributed by atoms with E-state index in [0.29, 0.717) is 12.1 Å². The maximum atomic E-state index is 13.8. The Balaban J connectivity index is 2.01. The van der Waals surface area contributed by atoms with Crippen molar-refractivity contribution in [3.05, 3.63) is 44.2 Å². The van der Waals surface area contributed by atoms with Gasteiger partial charge in [0.25, 0.3) is 5.91 Å². The van der Waals surface area contributed by atoms with Gasteiger partial charge in [0.05, 0.1) is 16.5 Å². The number of ketones is 2. The molecule has 3 unspecified atom stereocenters. The van der Waals surface area contributed by atoms with Gasteiger partial charge >= 0.3 is 5.69 Å². The fourth-order valence-electron chi connectivity index (χ4n) is 5.78. The number of phenols is 1. The smallest absolute Gasteiger partial charge is 0.313 e. The van der Waals surface area contributed by atoms with Gasteiger partial charge in [-0.25, -0.2) is 0 Å². The molecular formula is C23H26N4O9. The Morgan fingerprint density at radius 3 is 2.47 bits per heavy atom. The van der Waals surface area contributed by atoms with Gasteiger partial charge < -0.3 is 31.5 Å². The lowest BCUT2D eigenvalue weighted by molar-refractivity contribution is -0.385. The summed E-state index contributed by atoms with van der Waals surface area (Å²) in [7, 11) is 3.02. The molecule has 0 bridgehead atoms. The molecule has 0 spiro atoms. The first kappa shape index (κ1) is 25.1. The molecule has 0 saturated heterocycles. The number of primary amides is 1. The van der Waals surface area contributed by atoms with E-state index < -0.39 is 74.4 Å². The van der Waals surface area contributed by atoms with Gasteiger partial charge in [0.15, 0.2) is 11.4 Å². The molecular weight excluding hydrogens is 476 g/mol. The molecule has 7 N–H and O–H groups in total. The lowest BCUT2D eigenvalue weighted by Gasteiger charge is -2.50. The van der Waals surface area contributed by atoms with E-state index in [4.69, 9.17) is 5.73 Å². The third-order valence-electron chi connectivity index (χ3n) is 7.26. The number of nitro groups is 1. The molecule has 0 aliphatic heterocycles. The summed E-state index contributed by atoms with van der Waals surface area (Å²) in [6.07, 6.45) is -0.0441. The highest BCUT2D eigenvalue weighted by atomic mass is 16.6. The third-order valence-corrected chi connectivity index (χ3v) is 7.26. The van der Waals surface area contributed by atoms with Crippen molar-refractivity contribution >= 4 is 34.6 Å². The van der Waals surface area contributed by atoms with Crippen LogP contribution in [-0.2, 0) is 20.8 Å². The maximum absolute atomic E-state index is 13.8. The van der Waals surface area contributed by atoms with Crippen LogP contribution in [0.2, 0.25) is 0 Å². The minimum absolute atomic E-state index is 0.0302. The highest BCUT2D eigenvalue weighted by Crippen LogP contribution is 2.54. The first-order valence-electron chi connectivity index (χ1n) is 11.2. The second-order valence-corrected chi connectivity index (χ2v) is 9.39. The normalized spacial score (nSPS) is 27.5. The summed E-state index contributed by atoms with van der Waals surface area (Å²) < 4.78 is 0. The van der Waals surface area contributed by atoms with Gasteiger partial charge in [-0.1, -0.05) is 0 Å². The van der Waals surface area contributed by atoms with Gasteiger partial charge in [0.1, 0.15) is 17.1 Å². The van der Waals surface area contributed by atoms with E-state index in [1.807, 2.05) is 0 Å². The van der Waals surface area contributed by atoms with E-state index in [0.717, 1.165) is 6.07 Å². The number of aliphatic hydroxyl groups excluding tert-OH is 2. The molecule has 1 aromatic rings. The van der Waals surface area contributed by atoms with Gasteiger partial charge in [-0.3, -0.25) is 29.4 Å². The Morgan fingerprint density at radius 1 is 1.31 bits per heavy atom. The van der Waals surface area contributed by atoms with Crippen LogP contribution in [0.1, 0.15) is 24.5 Å². The molecule has 4 atom stereocenters. The van der Waals surface area contributed by atoms with Gasteiger partial charge in [-0.15, -0.1) is 0 Å². The number of anilines is 1. The molecule has 1 saturated carbocycles. The van der Waals surface area contributed by atoms with Crippen molar-refractivity contribution in [1.29, 1.82) is 0 Å². The van der Waals surface area contributed by atoms with Crippen molar-refractivity contribution < 1.29 is 39.7 Å². The van der Waals surface area contributed by atoms with Crippen molar-refractivity contribution in [2.45, 2.75) is 31.4 Å². The molecule has 3 aliphatic rings. The minimum Gasteiger partial charge on any atom is -0.508 e. The quantitative estimate of drug-likeness (QED) is 0.139. The molecule has 1 aromatic carbocycles.